The number of pyridine rings is 1. The van der Waals surface area contributed by atoms with E-state index in [1.165, 1.54) is 11.2 Å². The Labute approximate surface area is 151 Å². The van der Waals surface area contributed by atoms with Gasteiger partial charge in [0.2, 0.25) is 0 Å². The van der Waals surface area contributed by atoms with E-state index in [4.69, 9.17) is 4.52 Å². The van der Waals surface area contributed by atoms with E-state index in [1.807, 2.05) is 37.3 Å². The molecule has 0 spiro atoms. The van der Waals surface area contributed by atoms with Crippen LogP contribution in [0, 0.1) is 6.92 Å². The molecule has 26 heavy (non-hydrogen) atoms. The average molecular weight is 351 g/mol. The number of carbonyl (C=O) groups excluding carboxylic acids is 1. The lowest BCUT2D eigenvalue weighted by Gasteiger charge is -2.20. The maximum atomic E-state index is 13.0. The maximum absolute atomic E-state index is 13.0. The molecule has 1 amide bonds. The summed E-state index contributed by atoms with van der Waals surface area (Å²) in [4.78, 5) is 27.4. The molecule has 6 nitrogen and oxygen atoms in total. The molecule has 0 aliphatic rings. The number of aryl methyl sites for hydroxylation is 1. The molecular weight excluding hydrogens is 330 g/mol. The molecule has 0 fully saturated rings. The average Bonchev–Trinajstić information content (AvgIpc) is 3.15. The molecule has 0 bridgehead atoms. The predicted octanol–water partition coefficient (Wildman–Crippen LogP) is 3.03. The Kier molecular flexibility index (Phi) is 5.02. The minimum atomic E-state index is -0.329. The van der Waals surface area contributed by atoms with Crippen LogP contribution in [0.1, 0.15) is 40.1 Å². The van der Waals surface area contributed by atoms with Gasteiger partial charge in [0.05, 0.1) is 12.6 Å². The molecule has 0 radical (unpaired) electrons. The summed E-state index contributed by atoms with van der Waals surface area (Å²) in [5.74, 6) is -0.329. The van der Waals surface area contributed by atoms with E-state index >= 15 is 0 Å². The summed E-state index contributed by atoms with van der Waals surface area (Å²) in [6.07, 6.45) is 3.19. The number of aromatic nitrogens is 2. The van der Waals surface area contributed by atoms with E-state index in [1.54, 1.807) is 36.9 Å². The maximum Gasteiger partial charge on any atom is 0.264 e. The summed E-state index contributed by atoms with van der Waals surface area (Å²) in [6, 6.07) is 13.1. The molecular formula is C20H21N3O3. The molecule has 2 heterocycles. The Morgan fingerprint density at radius 2 is 1.96 bits per heavy atom. The van der Waals surface area contributed by atoms with Gasteiger partial charge in [-0.25, -0.2) is 0 Å². The van der Waals surface area contributed by atoms with Crippen molar-refractivity contribution in [3.8, 4) is 0 Å². The zero-order chi connectivity index (χ0) is 18.7. The van der Waals surface area contributed by atoms with E-state index in [9.17, 15) is 9.59 Å². The molecule has 134 valence electrons. The van der Waals surface area contributed by atoms with Crippen LogP contribution >= 0.6 is 0 Å². The minimum absolute atomic E-state index is 0.170. The molecule has 1 unspecified atom stereocenters. The molecule has 0 saturated heterocycles. The molecule has 0 aliphatic heterocycles. The largest absolute Gasteiger partial charge is 0.364 e. The fourth-order valence-electron chi connectivity index (χ4n) is 2.92. The zero-order valence-corrected chi connectivity index (χ0v) is 15.0. The number of hydrogen-bond acceptors (Lipinski definition) is 4. The lowest BCUT2D eigenvalue weighted by atomic mass is 10.1. The summed E-state index contributed by atoms with van der Waals surface area (Å²) in [5.41, 5.74) is 2.18. The fourth-order valence-corrected chi connectivity index (χ4v) is 2.92. The van der Waals surface area contributed by atoms with Crippen LogP contribution in [0.2, 0.25) is 0 Å². The summed E-state index contributed by atoms with van der Waals surface area (Å²) in [7, 11) is 1.65. The summed E-state index contributed by atoms with van der Waals surface area (Å²) < 4.78 is 6.39. The van der Waals surface area contributed by atoms with Gasteiger partial charge in [0, 0.05) is 19.3 Å². The van der Waals surface area contributed by atoms with Crippen molar-refractivity contribution in [2.45, 2.75) is 26.4 Å². The molecule has 2 aromatic heterocycles. The Morgan fingerprint density at radius 1 is 1.23 bits per heavy atom. The summed E-state index contributed by atoms with van der Waals surface area (Å²) in [5, 5.41) is 3.81. The van der Waals surface area contributed by atoms with Crippen molar-refractivity contribution in [3.05, 3.63) is 87.7 Å². The highest BCUT2D eigenvalue weighted by Gasteiger charge is 2.22. The van der Waals surface area contributed by atoms with E-state index in [2.05, 4.69) is 5.16 Å². The Morgan fingerprint density at radius 3 is 2.62 bits per heavy atom. The van der Waals surface area contributed by atoms with Gasteiger partial charge in [0.15, 0.2) is 0 Å². The Bertz CT molecular complexity index is 946. The first-order chi connectivity index (χ1) is 12.5. The molecule has 1 aromatic carbocycles. The number of benzene rings is 1. The second-order valence-corrected chi connectivity index (χ2v) is 6.32. The molecule has 0 aliphatic carbocycles. The first kappa shape index (κ1) is 17.7. The fraction of sp³-hybridized carbons (Fsp3) is 0.250. The predicted molar refractivity (Wildman–Crippen MR) is 98.0 cm³/mol. The van der Waals surface area contributed by atoms with Crippen LogP contribution in [0.15, 0.2) is 64.2 Å². The number of hydrogen-bond donors (Lipinski definition) is 0. The van der Waals surface area contributed by atoms with Gasteiger partial charge in [-0.15, -0.1) is 0 Å². The number of nitrogens with zero attached hydrogens (tertiary/aromatic N) is 3. The molecule has 6 heteroatoms. The van der Waals surface area contributed by atoms with E-state index < -0.39 is 0 Å². The van der Waals surface area contributed by atoms with Crippen LogP contribution in [-0.2, 0) is 6.54 Å². The Hall–Kier alpha value is -3.15. The molecule has 3 aromatic rings. The molecule has 0 N–H and O–H groups in total. The normalized spacial score (nSPS) is 12.0. The van der Waals surface area contributed by atoms with Crippen molar-refractivity contribution < 1.29 is 9.32 Å². The third kappa shape index (κ3) is 3.44. The van der Waals surface area contributed by atoms with E-state index in [0.29, 0.717) is 11.3 Å². The van der Waals surface area contributed by atoms with Crippen LogP contribution in [0.4, 0.5) is 0 Å². The molecule has 0 saturated carbocycles. The van der Waals surface area contributed by atoms with Crippen LogP contribution < -0.4 is 5.56 Å². The van der Waals surface area contributed by atoms with Crippen molar-refractivity contribution >= 4 is 5.91 Å². The standard InChI is InChI=1S/C20H21N3O3/c1-14-9-11-23(15(2)16-7-5-4-6-8-16)20(25)18(14)19(24)22(3)13-17-10-12-26-21-17/h4-12,15H,13H2,1-3H3. The third-order valence-corrected chi connectivity index (χ3v) is 4.48. The first-order valence-corrected chi connectivity index (χ1v) is 8.40. The Balaban J connectivity index is 1.95. The van der Waals surface area contributed by atoms with Gasteiger partial charge in [0.1, 0.15) is 17.5 Å². The highest BCUT2D eigenvalue weighted by atomic mass is 16.5. The molecule has 1 atom stereocenters. The lowest BCUT2D eigenvalue weighted by Crippen LogP contribution is -2.36. The molecule has 3 rings (SSSR count). The topological polar surface area (TPSA) is 68.3 Å². The quantitative estimate of drug-likeness (QED) is 0.708. The summed E-state index contributed by atoms with van der Waals surface area (Å²) >= 11 is 0. The number of rotatable bonds is 5. The SMILES string of the molecule is Cc1ccn(C(C)c2ccccc2)c(=O)c1C(=O)N(C)Cc1ccon1. The van der Waals surface area contributed by atoms with E-state index in [0.717, 1.165) is 5.56 Å². The van der Waals surface area contributed by atoms with Gasteiger partial charge >= 0.3 is 0 Å². The van der Waals surface area contributed by atoms with Crippen LogP contribution in [0.5, 0.6) is 0 Å². The van der Waals surface area contributed by atoms with Crippen molar-refractivity contribution in [3.63, 3.8) is 0 Å². The van der Waals surface area contributed by atoms with Crippen molar-refractivity contribution in [1.82, 2.24) is 14.6 Å². The summed E-state index contributed by atoms with van der Waals surface area (Å²) in [6.45, 7) is 3.99. The van der Waals surface area contributed by atoms with Crippen molar-refractivity contribution in [1.29, 1.82) is 0 Å². The van der Waals surface area contributed by atoms with Crippen molar-refractivity contribution in [2.75, 3.05) is 7.05 Å². The van der Waals surface area contributed by atoms with Crippen LogP contribution in [0.25, 0.3) is 0 Å². The smallest absolute Gasteiger partial charge is 0.264 e. The van der Waals surface area contributed by atoms with E-state index in [-0.39, 0.29) is 29.6 Å². The van der Waals surface area contributed by atoms with Crippen LogP contribution in [-0.4, -0.2) is 27.6 Å². The van der Waals surface area contributed by atoms with Gasteiger partial charge in [-0.05, 0) is 31.0 Å². The number of amides is 1. The third-order valence-electron chi connectivity index (χ3n) is 4.48. The second-order valence-electron chi connectivity index (χ2n) is 6.32. The van der Waals surface area contributed by atoms with Gasteiger partial charge < -0.3 is 14.0 Å². The lowest BCUT2D eigenvalue weighted by molar-refractivity contribution is 0.0779. The first-order valence-electron chi connectivity index (χ1n) is 8.40. The minimum Gasteiger partial charge on any atom is -0.364 e. The second kappa shape index (κ2) is 7.39. The zero-order valence-electron chi connectivity index (χ0n) is 15.0. The van der Waals surface area contributed by atoms with Crippen LogP contribution in [0.3, 0.4) is 0 Å². The van der Waals surface area contributed by atoms with Gasteiger partial charge in [-0.2, -0.15) is 0 Å². The monoisotopic (exact) mass is 351 g/mol. The van der Waals surface area contributed by atoms with Gasteiger partial charge in [0.25, 0.3) is 11.5 Å². The highest BCUT2D eigenvalue weighted by Crippen LogP contribution is 2.17. The van der Waals surface area contributed by atoms with Gasteiger partial charge in [-0.1, -0.05) is 35.5 Å². The highest BCUT2D eigenvalue weighted by molar-refractivity contribution is 5.95. The number of carbonyl (C=O) groups is 1. The van der Waals surface area contributed by atoms with Crippen molar-refractivity contribution in [2.24, 2.45) is 0 Å². The van der Waals surface area contributed by atoms with Gasteiger partial charge in [-0.3, -0.25) is 9.59 Å².